The molecule has 8 unspecified atom stereocenters. The molecular formula is C23H34O5. The maximum Gasteiger partial charge on any atom is 0.302 e. The Morgan fingerprint density at radius 2 is 1.64 bits per heavy atom. The number of hydrogen-bond donors (Lipinski definition) is 0. The molecule has 0 saturated heterocycles. The van der Waals surface area contributed by atoms with Crippen LogP contribution >= 0.6 is 0 Å². The minimum atomic E-state index is -0.213. The molecule has 0 heterocycles. The van der Waals surface area contributed by atoms with Gasteiger partial charge in [0.1, 0.15) is 18.0 Å². The highest BCUT2D eigenvalue weighted by atomic mass is 16.5. The zero-order chi connectivity index (χ0) is 20.3. The first-order valence-corrected chi connectivity index (χ1v) is 11.0. The summed E-state index contributed by atoms with van der Waals surface area (Å²) in [7, 11) is 0. The van der Waals surface area contributed by atoms with E-state index in [1.165, 1.54) is 13.8 Å². The number of ether oxygens (including phenoxy) is 2. The minimum Gasteiger partial charge on any atom is -0.463 e. The molecule has 0 amide bonds. The third-order valence-corrected chi connectivity index (χ3v) is 8.69. The van der Waals surface area contributed by atoms with Crippen LogP contribution in [0, 0.1) is 34.5 Å². The molecule has 0 N–H and O–H groups in total. The van der Waals surface area contributed by atoms with Crippen LogP contribution < -0.4 is 0 Å². The number of fused-ring (bicyclic) bond motifs is 5. The van der Waals surface area contributed by atoms with Crippen molar-refractivity contribution < 1.29 is 23.9 Å². The fraction of sp³-hybridized carbons (Fsp3) is 0.870. The largest absolute Gasteiger partial charge is 0.463 e. The molecule has 0 radical (unpaired) electrons. The Hall–Kier alpha value is -1.39. The number of carbonyl (C=O) groups is 3. The van der Waals surface area contributed by atoms with Crippen LogP contribution in [-0.2, 0) is 23.9 Å². The fourth-order valence-corrected chi connectivity index (χ4v) is 7.72. The molecule has 8 atom stereocenters. The highest BCUT2D eigenvalue weighted by Crippen LogP contribution is 2.65. The molecule has 5 nitrogen and oxygen atoms in total. The number of esters is 2. The summed E-state index contributed by atoms with van der Waals surface area (Å²) in [5.41, 5.74) is -0.0198. The van der Waals surface area contributed by atoms with E-state index in [0.29, 0.717) is 30.0 Å². The Labute approximate surface area is 167 Å². The predicted octanol–water partition coefficient (Wildman–Crippen LogP) is 4.07. The molecule has 0 spiro atoms. The third-order valence-electron chi connectivity index (χ3n) is 8.69. The van der Waals surface area contributed by atoms with E-state index in [1.807, 2.05) is 0 Å². The second-order valence-corrected chi connectivity index (χ2v) is 10.5. The fourth-order valence-electron chi connectivity index (χ4n) is 7.72. The average Bonchev–Trinajstić information content (AvgIpc) is 2.89. The van der Waals surface area contributed by atoms with Crippen molar-refractivity contribution in [1.82, 2.24) is 0 Å². The Morgan fingerprint density at radius 3 is 2.32 bits per heavy atom. The van der Waals surface area contributed by atoms with Gasteiger partial charge in [0.05, 0.1) is 0 Å². The number of ketones is 1. The van der Waals surface area contributed by atoms with Gasteiger partial charge in [0.25, 0.3) is 0 Å². The van der Waals surface area contributed by atoms with Gasteiger partial charge >= 0.3 is 11.9 Å². The van der Waals surface area contributed by atoms with Crippen LogP contribution in [0.4, 0.5) is 0 Å². The molecule has 0 aliphatic heterocycles. The molecule has 4 aliphatic carbocycles. The highest BCUT2D eigenvalue weighted by Gasteiger charge is 2.62. The Bertz CT molecular complexity index is 686. The van der Waals surface area contributed by atoms with Crippen LogP contribution in [0.25, 0.3) is 0 Å². The lowest BCUT2D eigenvalue weighted by atomic mass is 9.45. The van der Waals surface area contributed by atoms with Gasteiger partial charge in [0.2, 0.25) is 0 Å². The van der Waals surface area contributed by atoms with Gasteiger partial charge in [0, 0.05) is 26.2 Å². The molecule has 0 aromatic carbocycles. The summed E-state index contributed by atoms with van der Waals surface area (Å²) in [5.74, 6) is 1.43. The Balaban J connectivity index is 1.56. The van der Waals surface area contributed by atoms with Crippen molar-refractivity contribution in [3.8, 4) is 0 Å². The zero-order valence-electron chi connectivity index (χ0n) is 17.7. The standard InChI is InChI=1S/C23H34O5/c1-13(24)27-16-7-8-23(4)15(9-16)5-6-18-19-10-17(28-14(2)25)11-22(19,3)12-20(26)21(18)23/h15-19,21H,5-12H2,1-4H3. The van der Waals surface area contributed by atoms with Gasteiger partial charge in [-0.25, -0.2) is 0 Å². The SMILES string of the molecule is CC(=O)OC1CCC2(C)C(CCC3C4CC(OC(C)=O)CC4(C)CC(=O)C32)C1. The Kier molecular flexibility index (Phi) is 4.86. The topological polar surface area (TPSA) is 69.7 Å². The number of rotatable bonds is 2. The van der Waals surface area contributed by atoms with Crippen molar-refractivity contribution in [2.24, 2.45) is 34.5 Å². The van der Waals surface area contributed by atoms with Crippen molar-refractivity contribution in [2.75, 3.05) is 0 Å². The van der Waals surface area contributed by atoms with Crippen molar-refractivity contribution in [2.45, 2.75) is 91.3 Å². The van der Waals surface area contributed by atoms with E-state index < -0.39 is 0 Å². The molecule has 0 aromatic heterocycles. The van der Waals surface area contributed by atoms with Crippen LogP contribution in [0.5, 0.6) is 0 Å². The maximum absolute atomic E-state index is 13.4. The van der Waals surface area contributed by atoms with Gasteiger partial charge in [0.15, 0.2) is 0 Å². The van der Waals surface area contributed by atoms with Gasteiger partial charge in [-0.15, -0.1) is 0 Å². The van der Waals surface area contributed by atoms with E-state index in [2.05, 4.69) is 13.8 Å². The van der Waals surface area contributed by atoms with Gasteiger partial charge in [-0.3, -0.25) is 14.4 Å². The molecule has 0 aromatic rings. The summed E-state index contributed by atoms with van der Waals surface area (Å²) in [6.07, 6.45) is 7.20. The van der Waals surface area contributed by atoms with Crippen molar-refractivity contribution in [3.63, 3.8) is 0 Å². The van der Waals surface area contributed by atoms with Crippen LogP contribution in [0.15, 0.2) is 0 Å². The van der Waals surface area contributed by atoms with E-state index in [-0.39, 0.29) is 40.9 Å². The first-order chi connectivity index (χ1) is 13.1. The van der Waals surface area contributed by atoms with Crippen molar-refractivity contribution >= 4 is 17.7 Å². The maximum atomic E-state index is 13.4. The number of hydrogen-bond acceptors (Lipinski definition) is 5. The summed E-state index contributed by atoms with van der Waals surface area (Å²) in [6, 6.07) is 0. The second-order valence-electron chi connectivity index (χ2n) is 10.5. The average molecular weight is 391 g/mol. The number of carbonyl (C=O) groups excluding carboxylic acids is 3. The van der Waals surface area contributed by atoms with E-state index >= 15 is 0 Å². The lowest BCUT2D eigenvalue weighted by molar-refractivity contribution is -0.167. The van der Waals surface area contributed by atoms with E-state index in [1.54, 1.807) is 0 Å². The number of Topliss-reactive ketones (excluding diaryl/α,β-unsaturated/α-hetero) is 1. The first-order valence-electron chi connectivity index (χ1n) is 11.0. The summed E-state index contributed by atoms with van der Waals surface area (Å²) in [4.78, 5) is 36.3. The summed E-state index contributed by atoms with van der Waals surface area (Å²) < 4.78 is 11.1. The third kappa shape index (κ3) is 3.19. The van der Waals surface area contributed by atoms with Crippen LogP contribution in [-0.4, -0.2) is 29.9 Å². The minimum absolute atomic E-state index is 0.0101. The van der Waals surface area contributed by atoms with Crippen LogP contribution in [0.1, 0.15) is 79.1 Å². The first kappa shape index (κ1) is 19.9. The van der Waals surface area contributed by atoms with E-state index in [9.17, 15) is 14.4 Å². The molecule has 156 valence electrons. The molecule has 4 saturated carbocycles. The van der Waals surface area contributed by atoms with E-state index in [0.717, 1.165) is 44.9 Å². The molecule has 5 heteroatoms. The van der Waals surface area contributed by atoms with Crippen molar-refractivity contribution in [1.29, 1.82) is 0 Å². The zero-order valence-corrected chi connectivity index (χ0v) is 17.7. The normalized spacial score (nSPS) is 47.5. The molecule has 4 rings (SSSR count). The molecule has 4 aliphatic rings. The molecule has 4 fully saturated rings. The molecular weight excluding hydrogens is 356 g/mol. The van der Waals surface area contributed by atoms with Crippen LogP contribution in [0.2, 0.25) is 0 Å². The van der Waals surface area contributed by atoms with Gasteiger partial charge in [-0.05, 0) is 73.5 Å². The predicted molar refractivity (Wildman–Crippen MR) is 103 cm³/mol. The highest BCUT2D eigenvalue weighted by molar-refractivity contribution is 5.84. The lowest BCUT2D eigenvalue weighted by Crippen LogP contribution is -2.57. The Morgan fingerprint density at radius 1 is 0.964 bits per heavy atom. The monoisotopic (exact) mass is 390 g/mol. The lowest BCUT2D eigenvalue weighted by Gasteiger charge is -2.59. The van der Waals surface area contributed by atoms with Gasteiger partial charge < -0.3 is 9.47 Å². The van der Waals surface area contributed by atoms with E-state index in [4.69, 9.17) is 9.47 Å². The molecule has 0 bridgehead atoms. The van der Waals surface area contributed by atoms with Crippen molar-refractivity contribution in [3.05, 3.63) is 0 Å². The summed E-state index contributed by atoms with van der Waals surface area (Å²) in [5, 5.41) is 0. The van der Waals surface area contributed by atoms with Gasteiger partial charge in [-0.2, -0.15) is 0 Å². The van der Waals surface area contributed by atoms with Crippen LogP contribution in [0.3, 0.4) is 0 Å². The summed E-state index contributed by atoms with van der Waals surface area (Å²) in [6.45, 7) is 7.51. The summed E-state index contributed by atoms with van der Waals surface area (Å²) >= 11 is 0. The smallest absolute Gasteiger partial charge is 0.302 e. The second kappa shape index (κ2) is 6.84. The quantitative estimate of drug-likeness (QED) is 0.665. The molecule has 28 heavy (non-hydrogen) atoms. The van der Waals surface area contributed by atoms with Gasteiger partial charge in [-0.1, -0.05) is 13.8 Å².